The van der Waals surface area contributed by atoms with Crippen LogP contribution >= 0.6 is 0 Å². The fourth-order valence-electron chi connectivity index (χ4n) is 4.29. The van der Waals surface area contributed by atoms with Gasteiger partial charge < -0.3 is 14.4 Å². The molecule has 1 aliphatic heterocycles. The molecule has 0 saturated heterocycles. The molecule has 1 atom stereocenters. The van der Waals surface area contributed by atoms with Gasteiger partial charge in [0.1, 0.15) is 12.4 Å². The normalized spacial score (nSPS) is 17.4. The third-order valence-electron chi connectivity index (χ3n) is 5.71. The molecule has 29 heavy (non-hydrogen) atoms. The van der Waals surface area contributed by atoms with E-state index in [4.69, 9.17) is 4.74 Å². The summed E-state index contributed by atoms with van der Waals surface area (Å²) in [6, 6.07) is 15.2. The zero-order valence-electron chi connectivity index (χ0n) is 15.6. The van der Waals surface area contributed by atoms with Gasteiger partial charge >= 0.3 is 12.1 Å². The molecule has 7 heteroatoms. The first-order chi connectivity index (χ1) is 14.1. The maximum absolute atomic E-state index is 12.8. The standard InChI is InChI=1S/C22H19N3O4/c26-21(27)19-11-24-10-9-23-20(24)12-25(19)22(28)29-13-18-16-7-3-1-5-14(16)15-6-2-4-8-17(15)18/h1-10,18-19H,11-13H2,(H,26,27)/t19-/m0/s1. The molecule has 0 bridgehead atoms. The van der Waals surface area contributed by atoms with Gasteiger partial charge in [-0.25, -0.2) is 14.6 Å². The van der Waals surface area contributed by atoms with E-state index in [9.17, 15) is 14.7 Å². The number of aliphatic carboxylic acids is 1. The molecule has 5 rings (SSSR count). The number of carbonyl (C=O) groups excluding carboxylic acids is 1. The number of hydrogen-bond donors (Lipinski definition) is 1. The summed E-state index contributed by atoms with van der Waals surface area (Å²) < 4.78 is 7.39. The Morgan fingerprint density at radius 1 is 1.07 bits per heavy atom. The lowest BCUT2D eigenvalue weighted by molar-refractivity contribution is -0.144. The van der Waals surface area contributed by atoms with Crippen molar-refractivity contribution in [2.24, 2.45) is 0 Å². The molecule has 2 aromatic carbocycles. The lowest BCUT2D eigenvalue weighted by atomic mass is 9.98. The molecule has 1 aromatic heterocycles. The molecular weight excluding hydrogens is 370 g/mol. The molecular formula is C22H19N3O4. The Morgan fingerprint density at radius 3 is 2.38 bits per heavy atom. The zero-order chi connectivity index (χ0) is 20.0. The summed E-state index contributed by atoms with van der Waals surface area (Å²) in [4.78, 5) is 30.0. The molecule has 7 nitrogen and oxygen atoms in total. The van der Waals surface area contributed by atoms with Crippen LogP contribution in [-0.2, 0) is 22.6 Å². The van der Waals surface area contributed by atoms with Gasteiger partial charge in [-0.15, -0.1) is 0 Å². The number of carboxylic acids is 1. The Labute approximate surface area is 167 Å². The third-order valence-corrected chi connectivity index (χ3v) is 5.71. The van der Waals surface area contributed by atoms with Gasteiger partial charge in [-0.3, -0.25) is 4.90 Å². The van der Waals surface area contributed by atoms with Crippen LogP contribution in [-0.4, -0.2) is 44.3 Å². The maximum Gasteiger partial charge on any atom is 0.411 e. The van der Waals surface area contributed by atoms with Crippen molar-refractivity contribution in [3.05, 3.63) is 77.9 Å². The van der Waals surface area contributed by atoms with Gasteiger partial charge in [-0.05, 0) is 22.3 Å². The summed E-state index contributed by atoms with van der Waals surface area (Å²) >= 11 is 0. The highest BCUT2D eigenvalue weighted by molar-refractivity contribution is 5.81. The first kappa shape index (κ1) is 17.5. The van der Waals surface area contributed by atoms with Crippen LogP contribution in [0.25, 0.3) is 11.1 Å². The van der Waals surface area contributed by atoms with Crippen molar-refractivity contribution in [3.63, 3.8) is 0 Å². The first-order valence-corrected chi connectivity index (χ1v) is 9.48. The fourth-order valence-corrected chi connectivity index (χ4v) is 4.29. The number of carboxylic acid groups (broad SMARTS) is 1. The summed E-state index contributed by atoms with van der Waals surface area (Å²) in [6.45, 7) is 0.430. The van der Waals surface area contributed by atoms with Crippen molar-refractivity contribution in [2.45, 2.75) is 25.0 Å². The van der Waals surface area contributed by atoms with Crippen LogP contribution in [0.5, 0.6) is 0 Å². The van der Waals surface area contributed by atoms with Gasteiger partial charge in [0.2, 0.25) is 0 Å². The highest BCUT2D eigenvalue weighted by Gasteiger charge is 2.37. The van der Waals surface area contributed by atoms with Crippen molar-refractivity contribution in [3.8, 4) is 11.1 Å². The van der Waals surface area contributed by atoms with E-state index in [1.807, 2.05) is 36.4 Å². The number of carbonyl (C=O) groups is 2. The quantitative estimate of drug-likeness (QED) is 0.744. The van der Waals surface area contributed by atoms with Gasteiger partial charge in [0.15, 0.2) is 6.04 Å². The van der Waals surface area contributed by atoms with E-state index >= 15 is 0 Å². The average molecular weight is 389 g/mol. The molecule has 0 saturated carbocycles. The molecule has 0 spiro atoms. The minimum Gasteiger partial charge on any atom is -0.480 e. The monoisotopic (exact) mass is 389 g/mol. The summed E-state index contributed by atoms with van der Waals surface area (Å²) in [7, 11) is 0. The summed E-state index contributed by atoms with van der Waals surface area (Å²) in [5.74, 6) is -0.477. The van der Waals surface area contributed by atoms with E-state index in [0.29, 0.717) is 5.82 Å². The van der Waals surface area contributed by atoms with E-state index in [-0.39, 0.29) is 25.6 Å². The number of nitrogens with zero attached hydrogens (tertiary/aromatic N) is 3. The molecule has 0 unspecified atom stereocenters. The van der Waals surface area contributed by atoms with Crippen LogP contribution in [0.2, 0.25) is 0 Å². The number of amides is 1. The van der Waals surface area contributed by atoms with E-state index in [2.05, 4.69) is 17.1 Å². The lowest BCUT2D eigenvalue weighted by Gasteiger charge is -2.33. The number of hydrogen-bond acceptors (Lipinski definition) is 4. The van der Waals surface area contributed by atoms with Gasteiger partial charge in [-0.1, -0.05) is 48.5 Å². The molecule has 1 N–H and O–H groups in total. The van der Waals surface area contributed by atoms with Crippen molar-refractivity contribution < 1.29 is 19.4 Å². The van der Waals surface area contributed by atoms with Crippen LogP contribution < -0.4 is 0 Å². The lowest BCUT2D eigenvalue weighted by Crippen LogP contribution is -2.50. The topological polar surface area (TPSA) is 84.7 Å². The molecule has 1 aliphatic carbocycles. The van der Waals surface area contributed by atoms with Gasteiger partial charge in [-0.2, -0.15) is 0 Å². The van der Waals surface area contributed by atoms with E-state index < -0.39 is 18.1 Å². The average Bonchev–Trinajstić information content (AvgIpc) is 3.33. The van der Waals surface area contributed by atoms with Crippen LogP contribution in [0.4, 0.5) is 4.79 Å². The summed E-state index contributed by atoms with van der Waals surface area (Å²) in [6.07, 6.45) is 2.70. The predicted octanol–water partition coefficient (Wildman–Crippen LogP) is 3.10. The van der Waals surface area contributed by atoms with Crippen molar-refractivity contribution in [2.75, 3.05) is 6.61 Å². The van der Waals surface area contributed by atoms with Crippen LogP contribution in [0.3, 0.4) is 0 Å². The van der Waals surface area contributed by atoms with Crippen molar-refractivity contribution in [1.82, 2.24) is 14.5 Å². The second-order valence-corrected chi connectivity index (χ2v) is 7.28. The van der Waals surface area contributed by atoms with Crippen LogP contribution in [0, 0.1) is 0 Å². The number of benzene rings is 2. The van der Waals surface area contributed by atoms with E-state index in [1.165, 1.54) is 4.90 Å². The Balaban J connectivity index is 1.38. The van der Waals surface area contributed by atoms with E-state index in [0.717, 1.165) is 22.3 Å². The van der Waals surface area contributed by atoms with Crippen LogP contribution in [0.1, 0.15) is 22.9 Å². The molecule has 3 aromatic rings. The molecule has 0 fully saturated rings. The highest BCUT2D eigenvalue weighted by atomic mass is 16.6. The fraction of sp³-hybridized carbons (Fsp3) is 0.227. The molecule has 1 amide bonds. The SMILES string of the molecule is O=C(O)[C@@H]1Cn2ccnc2CN1C(=O)OCC1c2ccccc2-c2ccccc21. The number of rotatable bonds is 3. The highest BCUT2D eigenvalue weighted by Crippen LogP contribution is 2.44. The molecule has 0 radical (unpaired) electrons. The Morgan fingerprint density at radius 2 is 1.72 bits per heavy atom. The molecule has 2 heterocycles. The van der Waals surface area contributed by atoms with E-state index in [1.54, 1.807) is 17.0 Å². The Kier molecular flexibility index (Phi) is 4.08. The predicted molar refractivity (Wildman–Crippen MR) is 104 cm³/mol. The summed E-state index contributed by atoms with van der Waals surface area (Å²) in [5, 5.41) is 9.58. The minimum absolute atomic E-state index is 0.0681. The largest absolute Gasteiger partial charge is 0.480 e. The van der Waals surface area contributed by atoms with Crippen molar-refractivity contribution in [1.29, 1.82) is 0 Å². The minimum atomic E-state index is -1.06. The molecule has 146 valence electrons. The summed E-state index contributed by atoms with van der Waals surface area (Å²) in [5.41, 5.74) is 4.52. The van der Waals surface area contributed by atoms with Gasteiger partial charge in [0, 0.05) is 18.3 Å². The van der Waals surface area contributed by atoms with Crippen LogP contribution in [0.15, 0.2) is 60.9 Å². The first-order valence-electron chi connectivity index (χ1n) is 9.48. The number of imidazole rings is 1. The number of fused-ring (bicyclic) bond motifs is 4. The maximum atomic E-state index is 12.8. The Bertz CT molecular complexity index is 1060. The van der Waals surface area contributed by atoms with Gasteiger partial charge in [0.25, 0.3) is 0 Å². The zero-order valence-corrected chi connectivity index (χ0v) is 15.6. The van der Waals surface area contributed by atoms with Gasteiger partial charge in [0.05, 0.1) is 13.1 Å². The Hall–Kier alpha value is -3.61. The smallest absolute Gasteiger partial charge is 0.411 e. The second kappa shape index (κ2) is 6.77. The molecule has 2 aliphatic rings. The number of aromatic nitrogens is 2. The van der Waals surface area contributed by atoms with Crippen molar-refractivity contribution >= 4 is 12.1 Å². The number of ether oxygens (including phenoxy) is 1. The second-order valence-electron chi connectivity index (χ2n) is 7.28. The third kappa shape index (κ3) is 2.86.